The number of halogens is 2. The second-order valence-corrected chi connectivity index (χ2v) is 5.92. The van der Waals surface area contributed by atoms with E-state index in [0.717, 1.165) is 9.50 Å². The van der Waals surface area contributed by atoms with Crippen molar-refractivity contribution in [3.05, 3.63) is 27.7 Å². The fraction of sp³-hybridized carbons (Fsp3) is 0.538. The zero-order valence-electron chi connectivity index (χ0n) is 9.76. The third-order valence-corrected chi connectivity index (χ3v) is 5.03. The summed E-state index contributed by atoms with van der Waals surface area (Å²) in [6.07, 6.45) is 2.55. The minimum absolute atomic E-state index is 0.548. The van der Waals surface area contributed by atoms with E-state index in [1.165, 1.54) is 31.6 Å². The summed E-state index contributed by atoms with van der Waals surface area (Å²) in [4.78, 5) is 2.42. The summed E-state index contributed by atoms with van der Waals surface area (Å²) in [6, 6.07) is 6.17. The average molecular weight is 303 g/mol. The molecule has 0 atom stereocenters. The fourth-order valence-corrected chi connectivity index (χ4v) is 2.81. The van der Waals surface area contributed by atoms with Gasteiger partial charge in [0.1, 0.15) is 0 Å². The van der Waals surface area contributed by atoms with Gasteiger partial charge in [0.05, 0.1) is 5.02 Å². The van der Waals surface area contributed by atoms with E-state index in [-0.39, 0.29) is 0 Å². The molecule has 1 heterocycles. The first-order valence-corrected chi connectivity index (χ1v) is 6.97. The van der Waals surface area contributed by atoms with E-state index >= 15 is 0 Å². The Hall–Kier alpha value is -0.210. The van der Waals surface area contributed by atoms with Crippen LogP contribution in [0.25, 0.3) is 0 Å². The zero-order valence-corrected chi connectivity index (χ0v) is 12.1. The van der Waals surface area contributed by atoms with Gasteiger partial charge in [-0.2, -0.15) is 0 Å². The maximum absolute atomic E-state index is 5.99. The lowest BCUT2D eigenvalue weighted by Gasteiger charge is -2.51. The van der Waals surface area contributed by atoms with E-state index in [4.69, 9.17) is 11.6 Å². The van der Waals surface area contributed by atoms with E-state index in [2.05, 4.69) is 46.8 Å². The van der Waals surface area contributed by atoms with Gasteiger partial charge in [0, 0.05) is 28.7 Å². The summed E-state index contributed by atoms with van der Waals surface area (Å²) in [6.45, 7) is 6.93. The van der Waals surface area contributed by atoms with E-state index in [1.54, 1.807) is 0 Å². The van der Waals surface area contributed by atoms with Crippen LogP contribution in [0.2, 0.25) is 5.02 Å². The second-order valence-electron chi connectivity index (χ2n) is 4.66. The standard InChI is InChI=1S/C13H17BrClN/c1-3-13(4-2)8-16(9-13)10-5-6-12(15)11(14)7-10/h5-7H,3-4,8-9H2,1-2H3. The summed E-state index contributed by atoms with van der Waals surface area (Å²) in [5.41, 5.74) is 1.82. The van der Waals surface area contributed by atoms with E-state index in [1.807, 2.05) is 6.07 Å². The lowest BCUT2D eigenvalue weighted by molar-refractivity contribution is 0.194. The summed E-state index contributed by atoms with van der Waals surface area (Å²) in [5.74, 6) is 0. The van der Waals surface area contributed by atoms with Crippen molar-refractivity contribution < 1.29 is 0 Å². The Bertz CT molecular complexity index is 380. The van der Waals surface area contributed by atoms with Gasteiger partial charge in [-0.1, -0.05) is 25.4 Å². The van der Waals surface area contributed by atoms with Gasteiger partial charge in [0.25, 0.3) is 0 Å². The molecule has 2 rings (SSSR count). The molecule has 1 aliphatic heterocycles. The van der Waals surface area contributed by atoms with Crippen molar-refractivity contribution in [2.24, 2.45) is 5.41 Å². The number of hydrogen-bond donors (Lipinski definition) is 0. The van der Waals surface area contributed by atoms with Crippen LogP contribution in [0.3, 0.4) is 0 Å². The third kappa shape index (κ3) is 2.10. The quantitative estimate of drug-likeness (QED) is 0.780. The Labute approximate surface area is 111 Å². The fourth-order valence-electron chi connectivity index (χ4n) is 2.32. The van der Waals surface area contributed by atoms with Crippen LogP contribution in [0.5, 0.6) is 0 Å². The largest absolute Gasteiger partial charge is 0.370 e. The maximum atomic E-state index is 5.99. The lowest BCUT2D eigenvalue weighted by Crippen LogP contribution is -2.55. The van der Waals surface area contributed by atoms with Gasteiger partial charge in [-0.25, -0.2) is 0 Å². The van der Waals surface area contributed by atoms with Crippen molar-refractivity contribution in [1.82, 2.24) is 0 Å². The molecule has 0 saturated carbocycles. The normalized spacial score (nSPS) is 18.4. The zero-order chi connectivity index (χ0) is 11.8. The predicted octanol–water partition coefficient (Wildman–Crippen LogP) is 4.73. The molecule has 0 aromatic heterocycles. The Balaban J connectivity index is 2.09. The van der Waals surface area contributed by atoms with Crippen LogP contribution in [0.15, 0.2) is 22.7 Å². The summed E-state index contributed by atoms with van der Waals surface area (Å²) in [5, 5.41) is 0.779. The van der Waals surface area contributed by atoms with Gasteiger partial charge in [-0.15, -0.1) is 0 Å². The topological polar surface area (TPSA) is 3.24 Å². The van der Waals surface area contributed by atoms with Gasteiger partial charge >= 0.3 is 0 Å². The highest BCUT2D eigenvalue weighted by molar-refractivity contribution is 9.10. The molecule has 0 aliphatic carbocycles. The van der Waals surface area contributed by atoms with Crippen LogP contribution in [0, 0.1) is 5.41 Å². The van der Waals surface area contributed by atoms with Crippen LogP contribution in [-0.2, 0) is 0 Å². The molecule has 1 nitrogen and oxygen atoms in total. The molecule has 1 aromatic carbocycles. The van der Waals surface area contributed by atoms with Crippen LogP contribution < -0.4 is 4.90 Å². The van der Waals surface area contributed by atoms with Crippen molar-refractivity contribution in [1.29, 1.82) is 0 Å². The highest BCUT2D eigenvalue weighted by Gasteiger charge is 2.39. The first-order valence-electron chi connectivity index (χ1n) is 5.80. The molecule has 0 unspecified atom stereocenters. The highest BCUT2D eigenvalue weighted by Crippen LogP contribution is 2.40. The Morgan fingerprint density at radius 3 is 2.44 bits per heavy atom. The molecular formula is C13H17BrClN. The first-order chi connectivity index (χ1) is 7.60. The van der Waals surface area contributed by atoms with Crippen LogP contribution in [0.1, 0.15) is 26.7 Å². The van der Waals surface area contributed by atoms with Crippen molar-refractivity contribution in [3.63, 3.8) is 0 Å². The molecule has 0 bridgehead atoms. The smallest absolute Gasteiger partial charge is 0.0549 e. The summed E-state index contributed by atoms with van der Waals surface area (Å²) in [7, 11) is 0. The van der Waals surface area contributed by atoms with Gasteiger partial charge in [-0.05, 0) is 47.0 Å². The Kier molecular flexibility index (Phi) is 3.50. The van der Waals surface area contributed by atoms with Gasteiger partial charge < -0.3 is 4.90 Å². The average Bonchev–Trinajstić information content (AvgIpc) is 2.23. The highest BCUT2D eigenvalue weighted by atomic mass is 79.9. The van der Waals surface area contributed by atoms with Crippen molar-refractivity contribution >= 4 is 33.2 Å². The molecular weight excluding hydrogens is 286 g/mol. The molecule has 3 heteroatoms. The van der Waals surface area contributed by atoms with Crippen molar-refractivity contribution in [2.45, 2.75) is 26.7 Å². The third-order valence-electron chi connectivity index (χ3n) is 3.82. The van der Waals surface area contributed by atoms with E-state index in [9.17, 15) is 0 Å². The predicted molar refractivity (Wildman–Crippen MR) is 74.4 cm³/mol. The SMILES string of the molecule is CCC1(CC)CN(c2ccc(Cl)c(Br)c2)C1. The molecule has 0 radical (unpaired) electrons. The van der Waals surface area contributed by atoms with E-state index in [0.29, 0.717) is 5.41 Å². The number of anilines is 1. The number of benzene rings is 1. The van der Waals surface area contributed by atoms with E-state index < -0.39 is 0 Å². The molecule has 1 fully saturated rings. The van der Waals surface area contributed by atoms with Crippen LogP contribution >= 0.6 is 27.5 Å². The monoisotopic (exact) mass is 301 g/mol. The van der Waals surface area contributed by atoms with Gasteiger partial charge in [-0.3, -0.25) is 0 Å². The molecule has 0 amide bonds. The Morgan fingerprint density at radius 2 is 1.94 bits per heavy atom. The molecule has 0 spiro atoms. The maximum Gasteiger partial charge on any atom is 0.0549 e. The van der Waals surface area contributed by atoms with Gasteiger partial charge in [0.15, 0.2) is 0 Å². The van der Waals surface area contributed by atoms with Crippen LogP contribution in [0.4, 0.5) is 5.69 Å². The van der Waals surface area contributed by atoms with Crippen LogP contribution in [-0.4, -0.2) is 13.1 Å². The first kappa shape index (κ1) is 12.3. The molecule has 0 N–H and O–H groups in total. The molecule has 1 aromatic rings. The second kappa shape index (κ2) is 4.58. The molecule has 1 aliphatic rings. The summed E-state index contributed by atoms with van der Waals surface area (Å²) < 4.78 is 0.983. The molecule has 16 heavy (non-hydrogen) atoms. The minimum Gasteiger partial charge on any atom is -0.370 e. The molecule has 1 saturated heterocycles. The number of nitrogens with zero attached hydrogens (tertiary/aromatic N) is 1. The number of hydrogen-bond acceptors (Lipinski definition) is 1. The Morgan fingerprint density at radius 1 is 1.31 bits per heavy atom. The van der Waals surface area contributed by atoms with Gasteiger partial charge in [0.2, 0.25) is 0 Å². The molecule has 88 valence electrons. The summed E-state index contributed by atoms with van der Waals surface area (Å²) >= 11 is 9.46. The van der Waals surface area contributed by atoms with Crippen molar-refractivity contribution in [3.8, 4) is 0 Å². The number of rotatable bonds is 3. The van der Waals surface area contributed by atoms with Crippen molar-refractivity contribution in [2.75, 3.05) is 18.0 Å². The lowest BCUT2D eigenvalue weighted by atomic mass is 9.75. The minimum atomic E-state index is 0.548.